The van der Waals surface area contributed by atoms with Gasteiger partial charge in [-0.05, 0) is 130 Å². The van der Waals surface area contributed by atoms with E-state index in [1.54, 1.807) is 13.8 Å². The van der Waals surface area contributed by atoms with Crippen LogP contribution in [-0.4, -0.2) is 78.5 Å². The smallest absolute Gasteiger partial charge is 0.303 e. The maximum Gasteiger partial charge on any atom is 0.303 e. The van der Waals surface area contributed by atoms with Gasteiger partial charge in [-0.1, -0.05) is 27.7 Å². The van der Waals surface area contributed by atoms with E-state index in [0.29, 0.717) is 28.1 Å². The second-order valence-corrected chi connectivity index (χ2v) is 17.3. The number of nitrogens with zero attached hydrogens (tertiary/aromatic N) is 1. The van der Waals surface area contributed by atoms with Crippen LogP contribution >= 0.6 is 0 Å². The molecule has 0 aromatic carbocycles. The number of aliphatic hydroxyl groups is 1. The maximum atomic E-state index is 11.9. The number of morpholine rings is 1. The van der Waals surface area contributed by atoms with E-state index in [0.717, 1.165) is 63.8 Å². The summed E-state index contributed by atoms with van der Waals surface area (Å²) in [4.78, 5) is 14.4. The second kappa shape index (κ2) is 10.4. The normalized spacial score (nSPS) is 49.5. The number of likely N-dealkylation sites (N-methyl/N-ethyl adjacent to an activating group) is 1. The van der Waals surface area contributed by atoms with Gasteiger partial charge in [-0.15, -0.1) is 0 Å². The minimum atomic E-state index is -1.13. The highest BCUT2D eigenvalue weighted by Crippen LogP contribution is 2.87. The fraction of sp³-hybridized carbons (Fsp3) is 0.972. The molecule has 12 atom stereocenters. The number of hydrogen-bond donors (Lipinski definition) is 1. The Morgan fingerprint density at radius 1 is 1.02 bits per heavy atom. The lowest BCUT2D eigenvalue weighted by molar-refractivity contribution is -0.245. The van der Waals surface area contributed by atoms with Gasteiger partial charge in [0.1, 0.15) is 0 Å². The molecule has 1 N–H and O–H groups in total. The SMILES string of the molecule is CCN1CCOC(O[C@H]2CC[C@]34CC35CC[C@]3(C)C6CCC([C@H](OC(C)=O)C(C)(C)O)OC6CC3C5CCC4C2(C)C)C1. The highest BCUT2D eigenvalue weighted by molar-refractivity contribution is 5.66. The molecule has 7 aliphatic rings. The zero-order valence-electron chi connectivity index (χ0n) is 28.0. The minimum Gasteiger partial charge on any atom is -0.457 e. The molecule has 0 bridgehead atoms. The van der Waals surface area contributed by atoms with E-state index >= 15 is 0 Å². The molecule has 8 unspecified atom stereocenters. The zero-order valence-corrected chi connectivity index (χ0v) is 28.0. The number of ether oxygens (including phenoxy) is 4. The first-order valence-corrected chi connectivity index (χ1v) is 17.8. The highest BCUT2D eigenvalue weighted by Gasteiger charge is 2.80. The van der Waals surface area contributed by atoms with Crippen molar-refractivity contribution in [3.8, 4) is 0 Å². The molecule has 7 nitrogen and oxygen atoms in total. The van der Waals surface area contributed by atoms with Gasteiger partial charge in [-0.2, -0.15) is 0 Å². The molecule has 0 aromatic rings. The summed E-state index contributed by atoms with van der Waals surface area (Å²) >= 11 is 0. The van der Waals surface area contributed by atoms with Crippen LogP contribution in [0, 0.1) is 45.3 Å². The average Bonchev–Trinajstić information content (AvgIpc) is 3.52. The molecule has 244 valence electrons. The molecule has 7 rings (SSSR count). The van der Waals surface area contributed by atoms with Gasteiger partial charge < -0.3 is 24.1 Å². The Morgan fingerprint density at radius 2 is 1.79 bits per heavy atom. The first-order chi connectivity index (χ1) is 20.2. The van der Waals surface area contributed by atoms with E-state index in [4.69, 9.17) is 18.9 Å². The molecule has 7 fully saturated rings. The number of esters is 1. The van der Waals surface area contributed by atoms with E-state index in [1.807, 2.05) is 0 Å². The summed E-state index contributed by atoms with van der Waals surface area (Å²) in [5, 5.41) is 10.9. The topological polar surface area (TPSA) is 77.5 Å². The van der Waals surface area contributed by atoms with Gasteiger partial charge in [-0.25, -0.2) is 0 Å². The third-order valence-corrected chi connectivity index (χ3v) is 14.8. The van der Waals surface area contributed by atoms with Crippen molar-refractivity contribution in [2.45, 2.75) is 149 Å². The Balaban J connectivity index is 1.07. The molecule has 2 saturated heterocycles. The third kappa shape index (κ3) is 4.63. The summed E-state index contributed by atoms with van der Waals surface area (Å²) in [7, 11) is 0. The Hall–Kier alpha value is -0.730. The quantitative estimate of drug-likeness (QED) is 0.377. The molecule has 0 radical (unpaired) electrons. The molecule has 5 aliphatic carbocycles. The molecular formula is C36H59NO6. The Kier molecular flexibility index (Phi) is 7.46. The van der Waals surface area contributed by atoms with Crippen LogP contribution in [-0.2, 0) is 23.7 Å². The third-order valence-electron chi connectivity index (χ3n) is 14.8. The molecule has 43 heavy (non-hydrogen) atoms. The van der Waals surface area contributed by atoms with Crippen molar-refractivity contribution >= 4 is 5.97 Å². The van der Waals surface area contributed by atoms with Crippen molar-refractivity contribution in [1.82, 2.24) is 4.90 Å². The molecule has 2 aliphatic heterocycles. The molecule has 0 aromatic heterocycles. The van der Waals surface area contributed by atoms with Gasteiger partial charge in [0, 0.05) is 20.0 Å². The van der Waals surface area contributed by atoms with Crippen LogP contribution in [0.4, 0.5) is 0 Å². The molecular weight excluding hydrogens is 542 g/mol. The molecule has 0 amide bonds. The van der Waals surface area contributed by atoms with Gasteiger partial charge in [0.25, 0.3) is 0 Å². The van der Waals surface area contributed by atoms with E-state index in [9.17, 15) is 9.90 Å². The second-order valence-electron chi connectivity index (χ2n) is 17.3. The predicted octanol–water partition coefficient (Wildman–Crippen LogP) is 5.96. The molecule has 2 heterocycles. The number of rotatable bonds is 6. The first kappa shape index (κ1) is 30.9. The number of carbonyl (C=O) groups excluding carboxylic acids is 1. The molecule has 7 heteroatoms. The van der Waals surface area contributed by atoms with Crippen LogP contribution in [0.3, 0.4) is 0 Å². The predicted molar refractivity (Wildman–Crippen MR) is 164 cm³/mol. The van der Waals surface area contributed by atoms with Crippen LogP contribution in [0.25, 0.3) is 0 Å². The van der Waals surface area contributed by atoms with Crippen LogP contribution in [0.5, 0.6) is 0 Å². The van der Waals surface area contributed by atoms with Gasteiger partial charge >= 0.3 is 5.97 Å². The Labute approximate surface area is 260 Å². The maximum absolute atomic E-state index is 11.9. The largest absolute Gasteiger partial charge is 0.457 e. The van der Waals surface area contributed by atoms with Crippen LogP contribution in [0.15, 0.2) is 0 Å². The fourth-order valence-corrected chi connectivity index (χ4v) is 12.8. The van der Waals surface area contributed by atoms with Crippen LogP contribution in [0.1, 0.15) is 113 Å². The summed E-state index contributed by atoms with van der Waals surface area (Å²) in [5.74, 6) is 2.45. The number of fused-ring (bicyclic) bond motifs is 4. The van der Waals surface area contributed by atoms with Crippen LogP contribution in [0.2, 0.25) is 0 Å². The zero-order chi connectivity index (χ0) is 30.6. The van der Waals surface area contributed by atoms with Crippen molar-refractivity contribution in [1.29, 1.82) is 0 Å². The van der Waals surface area contributed by atoms with Gasteiger partial charge in [-0.3, -0.25) is 9.69 Å². The van der Waals surface area contributed by atoms with E-state index in [1.165, 1.54) is 45.4 Å². The first-order valence-electron chi connectivity index (χ1n) is 17.8. The number of hydrogen-bond acceptors (Lipinski definition) is 7. The standard InChI is InChI=1S/C36H59NO6/c1-8-37-17-18-40-30(20-37)43-29-13-14-36-21-35(36)16-15-34(7)24-9-11-26(31(33(5,6)39)41-22(2)38)42-27(24)19-25(34)23(35)10-12-28(36)32(29,3)4/h23-31,39H,8-21H2,1-7H3/t23?,24?,25?,26?,27?,28?,29-,30?,31-,34+,35?,36+/m0/s1. The van der Waals surface area contributed by atoms with Crippen molar-refractivity contribution in [3.63, 3.8) is 0 Å². The lowest BCUT2D eigenvalue weighted by atomic mass is 9.46. The lowest BCUT2D eigenvalue weighted by Gasteiger charge is -2.60. The average molecular weight is 602 g/mol. The summed E-state index contributed by atoms with van der Waals surface area (Å²) < 4.78 is 25.5. The number of carbonyl (C=O) groups is 1. The van der Waals surface area contributed by atoms with E-state index < -0.39 is 11.7 Å². The van der Waals surface area contributed by atoms with Crippen molar-refractivity contribution in [2.24, 2.45) is 45.3 Å². The van der Waals surface area contributed by atoms with Gasteiger partial charge in [0.15, 0.2) is 12.4 Å². The summed E-state index contributed by atoms with van der Waals surface area (Å²) in [6.07, 6.45) is 11.9. The highest BCUT2D eigenvalue weighted by atomic mass is 16.7. The minimum absolute atomic E-state index is 0.0885. The Morgan fingerprint density at radius 3 is 2.51 bits per heavy atom. The van der Waals surface area contributed by atoms with E-state index in [2.05, 4.69) is 32.6 Å². The summed E-state index contributed by atoms with van der Waals surface area (Å²) in [6.45, 7) is 18.5. The Bertz CT molecular complexity index is 1090. The monoisotopic (exact) mass is 601 g/mol. The summed E-state index contributed by atoms with van der Waals surface area (Å²) in [5.41, 5.74) is 0.349. The van der Waals surface area contributed by atoms with Crippen molar-refractivity contribution < 1.29 is 28.8 Å². The molecule has 2 spiro atoms. The lowest BCUT2D eigenvalue weighted by Crippen LogP contribution is -2.56. The van der Waals surface area contributed by atoms with Crippen molar-refractivity contribution in [2.75, 3.05) is 26.2 Å². The fourth-order valence-electron chi connectivity index (χ4n) is 12.8. The van der Waals surface area contributed by atoms with Crippen LogP contribution < -0.4 is 0 Å². The van der Waals surface area contributed by atoms with Gasteiger partial charge in [0.05, 0.1) is 30.5 Å². The van der Waals surface area contributed by atoms with Gasteiger partial charge in [0.2, 0.25) is 0 Å². The summed E-state index contributed by atoms with van der Waals surface area (Å²) in [6, 6.07) is 0. The van der Waals surface area contributed by atoms with Crippen molar-refractivity contribution in [3.05, 3.63) is 0 Å². The molecule has 5 saturated carbocycles. The van der Waals surface area contributed by atoms with E-state index in [-0.39, 0.29) is 36.0 Å².